The molecule has 2 aromatic carbocycles. The Morgan fingerprint density at radius 1 is 1.05 bits per heavy atom. The Morgan fingerprint density at radius 2 is 1.88 bits per heavy atom. The second kappa shape index (κ2) is 14.7. The number of nitrogen functional groups attached to an aromatic ring is 1. The van der Waals surface area contributed by atoms with Crippen LogP contribution in [0.25, 0.3) is 0 Å². The fraction of sp³-hybridized carbons (Fsp3) is 0.323. The van der Waals surface area contributed by atoms with Crippen LogP contribution in [0.1, 0.15) is 36.1 Å². The van der Waals surface area contributed by atoms with E-state index in [0.29, 0.717) is 36.2 Å². The van der Waals surface area contributed by atoms with E-state index in [1.807, 2.05) is 42.0 Å². The van der Waals surface area contributed by atoms with Gasteiger partial charge in [0.15, 0.2) is 11.5 Å². The molecular weight excluding hydrogens is 523 g/mol. The first-order chi connectivity index (χ1) is 19.9. The number of carbonyl (C=O) groups excluding carboxylic acids is 1. The second-order valence-corrected chi connectivity index (χ2v) is 9.76. The highest BCUT2D eigenvalue weighted by Gasteiger charge is 2.19. The lowest BCUT2D eigenvalue weighted by atomic mass is 10.1. The van der Waals surface area contributed by atoms with E-state index in [4.69, 9.17) is 15.2 Å². The van der Waals surface area contributed by atoms with E-state index in [2.05, 4.69) is 15.3 Å². The average molecular weight is 561 g/mol. The Balaban J connectivity index is 1.38. The van der Waals surface area contributed by atoms with E-state index in [9.17, 15) is 9.18 Å². The molecule has 2 heterocycles. The number of pyridine rings is 1. The topological polar surface area (TPSA) is 108 Å². The van der Waals surface area contributed by atoms with Crippen LogP contribution in [0, 0.1) is 12.7 Å². The molecule has 0 aliphatic carbocycles. The van der Waals surface area contributed by atoms with Crippen molar-refractivity contribution in [2.24, 2.45) is 0 Å². The van der Waals surface area contributed by atoms with Crippen molar-refractivity contribution >= 4 is 17.5 Å². The van der Waals surface area contributed by atoms with Gasteiger partial charge in [0.2, 0.25) is 0 Å². The van der Waals surface area contributed by atoms with Gasteiger partial charge in [-0.15, -0.1) is 0 Å². The second-order valence-electron chi connectivity index (χ2n) is 9.76. The maximum atomic E-state index is 13.5. The number of rotatable bonds is 14. The van der Waals surface area contributed by atoms with Crippen LogP contribution in [0.15, 0.2) is 73.3 Å². The first kappa shape index (κ1) is 29.4. The largest absolute Gasteiger partial charge is 0.493 e. The number of nitrogens with one attached hydrogen (secondary N) is 1. The Hall–Kier alpha value is -4.60. The van der Waals surface area contributed by atoms with Gasteiger partial charge in [0.05, 0.1) is 26.6 Å². The van der Waals surface area contributed by atoms with Crippen molar-refractivity contribution in [2.75, 3.05) is 30.9 Å². The van der Waals surface area contributed by atoms with Crippen molar-refractivity contribution < 1.29 is 18.7 Å². The normalized spacial score (nSPS) is 10.8. The summed E-state index contributed by atoms with van der Waals surface area (Å²) >= 11 is 0. The third kappa shape index (κ3) is 8.69. The molecule has 0 unspecified atom stereocenters. The number of carbonyl (C=O) groups is 1. The molecule has 0 radical (unpaired) electrons. The minimum Gasteiger partial charge on any atom is -0.493 e. The molecule has 0 saturated heterocycles. The summed E-state index contributed by atoms with van der Waals surface area (Å²) < 4.78 is 27.2. The molecule has 0 aliphatic heterocycles. The van der Waals surface area contributed by atoms with Crippen LogP contribution in [-0.2, 0) is 19.5 Å². The number of anilines is 2. The number of ether oxygens (including phenoxy) is 2. The van der Waals surface area contributed by atoms with Crippen molar-refractivity contribution in [1.29, 1.82) is 0 Å². The van der Waals surface area contributed by atoms with Crippen molar-refractivity contribution in [3.63, 3.8) is 0 Å². The number of nitrogens with zero attached hydrogens (tertiary/aromatic N) is 4. The van der Waals surface area contributed by atoms with Crippen molar-refractivity contribution in [3.05, 3.63) is 96.0 Å². The van der Waals surface area contributed by atoms with Gasteiger partial charge in [-0.3, -0.25) is 4.90 Å². The monoisotopic (exact) mass is 560 g/mol. The first-order valence-corrected chi connectivity index (χ1v) is 13.7. The van der Waals surface area contributed by atoms with Crippen LogP contribution < -0.4 is 25.4 Å². The Kier molecular flexibility index (Phi) is 10.5. The Bertz CT molecular complexity index is 1410. The molecule has 0 spiro atoms. The Morgan fingerprint density at radius 3 is 2.61 bits per heavy atom. The minimum atomic E-state index is -0.326. The van der Waals surface area contributed by atoms with E-state index in [-0.39, 0.29) is 18.4 Å². The summed E-state index contributed by atoms with van der Waals surface area (Å²) in [5.41, 5.74) is 9.41. The number of methoxy groups -OCH3 is 1. The molecule has 4 aromatic rings. The van der Waals surface area contributed by atoms with Crippen molar-refractivity contribution in [2.45, 2.75) is 45.7 Å². The fourth-order valence-electron chi connectivity index (χ4n) is 4.42. The summed E-state index contributed by atoms with van der Waals surface area (Å²) in [5.74, 6) is 1.32. The van der Waals surface area contributed by atoms with E-state index < -0.39 is 0 Å². The van der Waals surface area contributed by atoms with E-state index in [1.165, 1.54) is 12.1 Å². The highest BCUT2D eigenvalue weighted by atomic mass is 19.1. The van der Waals surface area contributed by atoms with Crippen molar-refractivity contribution in [3.8, 4) is 11.5 Å². The van der Waals surface area contributed by atoms with Crippen LogP contribution in [0.5, 0.6) is 11.5 Å². The number of aromatic nitrogens is 3. The van der Waals surface area contributed by atoms with Crippen molar-refractivity contribution in [1.82, 2.24) is 19.9 Å². The van der Waals surface area contributed by atoms with Crippen LogP contribution in [0.4, 0.5) is 20.7 Å². The molecule has 0 aliphatic rings. The molecule has 216 valence electrons. The van der Waals surface area contributed by atoms with Gasteiger partial charge < -0.3 is 25.1 Å². The highest BCUT2D eigenvalue weighted by molar-refractivity contribution is 5.92. The van der Waals surface area contributed by atoms with Crippen LogP contribution >= 0.6 is 0 Å². The van der Waals surface area contributed by atoms with Gasteiger partial charge in [0.1, 0.15) is 11.6 Å². The van der Waals surface area contributed by atoms with Gasteiger partial charge in [-0.1, -0.05) is 12.1 Å². The summed E-state index contributed by atoms with van der Waals surface area (Å²) in [4.78, 5) is 23.1. The zero-order chi connectivity index (χ0) is 29.0. The predicted molar refractivity (Wildman–Crippen MR) is 158 cm³/mol. The van der Waals surface area contributed by atoms with Gasteiger partial charge >= 0.3 is 6.03 Å². The molecule has 2 amide bonds. The van der Waals surface area contributed by atoms with Crippen LogP contribution in [0.2, 0.25) is 0 Å². The summed E-state index contributed by atoms with van der Waals surface area (Å²) in [6.07, 6.45) is 8.74. The molecule has 4 rings (SSSR count). The zero-order valence-corrected chi connectivity index (χ0v) is 23.6. The summed E-state index contributed by atoms with van der Waals surface area (Å²) in [5, 5.41) is 3.01. The van der Waals surface area contributed by atoms with Gasteiger partial charge in [0.25, 0.3) is 0 Å². The standard InChI is InChI=1S/C31H37FN6O3/c1-23-20-34-22-37(23)16-5-14-36-31(39)38(21-25-7-9-26(32)10-8-25)27-11-12-28(29(19-27)40-2)41-17-4-3-6-24-13-15-35-30(33)18-24/h7-13,15,18-20,22H,3-6,14,16-17,21H2,1-2H3,(H2,33,35)(H,36,39). The molecule has 41 heavy (non-hydrogen) atoms. The average Bonchev–Trinajstić information content (AvgIpc) is 3.39. The third-order valence-corrected chi connectivity index (χ3v) is 6.69. The van der Waals surface area contributed by atoms with Crippen LogP contribution in [0.3, 0.4) is 0 Å². The van der Waals surface area contributed by atoms with E-state index >= 15 is 0 Å². The fourth-order valence-corrected chi connectivity index (χ4v) is 4.42. The number of imidazole rings is 1. The first-order valence-electron chi connectivity index (χ1n) is 13.7. The maximum absolute atomic E-state index is 13.5. The van der Waals surface area contributed by atoms with Crippen LogP contribution in [-0.4, -0.2) is 40.8 Å². The van der Waals surface area contributed by atoms with Gasteiger partial charge in [-0.05, 0) is 80.1 Å². The molecule has 0 fully saturated rings. The molecule has 0 saturated carbocycles. The summed E-state index contributed by atoms with van der Waals surface area (Å²) in [6, 6.07) is 15.1. The lowest BCUT2D eigenvalue weighted by molar-refractivity contribution is 0.245. The lowest BCUT2D eigenvalue weighted by Gasteiger charge is -2.24. The number of aryl methyl sites for hydroxylation is 3. The lowest BCUT2D eigenvalue weighted by Crippen LogP contribution is -2.40. The number of hydrogen-bond acceptors (Lipinski definition) is 6. The number of benzene rings is 2. The van der Waals surface area contributed by atoms with Gasteiger partial charge in [-0.2, -0.15) is 0 Å². The molecule has 3 N–H and O–H groups in total. The molecule has 0 bridgehead atoms. The SMILES string of the molecule is COc1cc(N(Cc2ccc(F)cc2)C(=O)NCCCn2cncc2C)ccc1OCCCCc1ccnc(N)c1. The smallest absolute Gasteiger partial charge is 0.322 e. The molecule has 9 nitrogen and oxygen atoms in total. The summed E-state index contributed by atoms with van der Waals surface area (Å²) in [7, 11) is 1.57. The number of unbranched alkanes of at least 4 members (excludes halogenated alkanes) is 1. The number of nitrogens with two attached hydrogens (primary N) is 1. The van der Waals surface area contributed by atoms with Gasteiger partial charge in [-0.25, -0.2) is 19.2 Å². The molecule has 0 atom stereocenters. The Labute approximate surface area is 240 Å². The molecule has 2 aromatic heterocycles. The number of halogens is 1. The number of amides is 2. The predicted octanol–water partition coefficient (Wildman–Crippen LogP) is 5.52. The number of hydrogen-bond donors (Lipinski definition) is 2. The summed E-state index contributed by atoms with van der Waals surface area (Å²) in [6.45, 7) is 4.01. The van der Waals surface area contributed by atoms with E-state index in [1.54, 1.807) is 42.7 Å². The molecule has 10 heteroatoms. The zero-order valence-electron chi connectivity index (χ0n) is 23.6. The quantitative estimate of drug-likeness (QED) is 0.197. The third-order valence-electron chi connectivity index (χ3n) is 6.69. The molecular formula is C31H37FN6O3. The number of urea groups is 1. The highest BCUT2D eigenvalue weighted by Crippen LogP contribution is 2.33. The van der Waals surface area contributed by atoms with Gasteiger partial charge in [0, 0.05) is 42.9 Å². The van der Waals surface area contributed by atoms with E-state index in [0.717, 1.165) is 49.0 Å². The maximum Gasteiger partial charge on any atom is 0.322 e. The minimum absolute atomic E-state index is 0.260.